The van der Waals surface area contributed by atoms with Crippen molar-refractivity contribution in [3.05, 3.63) is 88.6 Å². The molecular weight excluding hydrogens is 556 g/mol. The summed E-state index contributed by atoms with van der Waals surface area (Å²) in [6.45, 7) is 2.92. The number of rotatable bonds is 11. The monoisotopic (exact) mass is 596 g/mol. The van der Waals surface area contributed by atoms with Crippen molar-refractivity contribution < 1.29 is 14.3 Å². The van der Waals surface area contributed by atoms with Crippen LogP contribution in [0.1, 0.15) is 43.0 Å². The first kappa shape index (κ1) is 29.7. The second-order valence-electron chi connectivity index (χ2n) is 11.6. The number of nitrogens with zero attached hydrogens (tertiary/aromatic N) is 4. The lowest BCUT2D eigenvalue weighted by Gasteiger charge is -2.33. The highest BCUT2D eigenvalue weighted by Gasteiger charge is 2.29. The number of aromatic amines is 1. The van der Waals surface area contributed by atoms with Crippen molar-refractivity contribution >= 4 is 28.0 Å². The average Bonchev–Trinajstić information content (AvgIpc) is 3.58. The number of hydrogen-bond donors (Lipinski definition) is 2. The zero-order valence-electron chi connectivity index (χ0n) is 25.4. The van der Waals surface area contributed by atoms with E-state index in [9.17, 15) is 9.59 Å². The Bertz CT molecular complexity index is 1800. The van der Waals surface area contributed by atoms with Gasteiger partial charge >= 0.3 is 5.69 Å². The lowest BCUT2D eigenvalue weighted by Crippen LogP contribution is -2.42. The third-order valence-electron chi connectivity index (χ3n) is 8.57. The predicted octanol–water partition coefficient (Wildman–Crippen LogP) is 4.38. The van der Waals surface area contributed by atoms with Gasteiger partial charge < -0.3 is 29.7 Å². The molecular formula is C34H40N6O4. The highest BCUT2D eigenvalue weighted by atomic mass is 16.5. The van der Waals surface area contributed by atoms with Crippen molar-refractivity contribution in [1.82, 2.24) is 24.0 Å². The van der Waals surface area contributed by atoms with Gasteiger partial charge in [-0.05, 0) is 67.6 Å². The molecule has 0 radical (unpaired) electrons. The normalized spacial score (nSPS) is 16.1. The highest BCUT2D eigenvalue weighted by molar-refractivity contribution is 5.79. The summed E-state index contributed by atoms with van der Waals surface area (Å²) < 4.78 is 14.5. The molecule has 1 aliphatic heterocycles. The van der Waals surface area contributed by atoms with Crippen LogP contribution in [-0.4, -0.2) is 69.9 Å². The van der Waals surface area contributed by atoms with E-state index < -0.39 is 0 Å². The highest BCUT2D eigenvalue weighted by Crippen LogP contribution is 2.30. The minimum absolute atomic E-state index is 0.0848. The molecule has 0 bridgehead atoms. The van der Waals surface area contributed by atoms with Crippen LogP contribution in [0, 0.1) is 0 Å². The summed E-state index contributed by atoms with van der Waals surface area (Å²) in [7, 11) is 3.32. The van der Waals surface area contributed by atoms with Gasteiger partial charge in [0.25, 0.3) is 0 Å². The average molecular weight is 597 g/mol. The number of nitrogens with two attached hydrogens (primary N) is 1. The molecule has 3 heterocycles. The Hall–Kier alpha value is -4.41. The number of aromatic nitrogens is 4. The van der Waals surface area contributed by atoms with E-state index in [0.29, 0.717) is 30.8 Å². The Morgan fingerprint density at radius 1 is 1.09 bits per heavy atom. The topological polar surface area (TPSA) is 120 Å². The van der Waals surface area contributed by atoms with Crippen molar-refractivity contribution in [2.45, 2.75) is 50.6 Å². The Morgan fingerprint density at radius 2 is 1.91 bits per heavy atom. The Morgan fingerprint density at radius 3 is 2.70 bits per heavy atom. The van der Waals surface area contributed by atoms with E-state index in [1.807, 2.05) is 53.4 Å². The smallest absolute Gasteiger partial charge is 0.331 e. The van der Waals surface area contributed by atoms with Gasteiger partial charge in [0.2, 0.25) is 5.91 Å². The summed E-state index contributed by atoms with van der Waals surface area (Å²) in [5.74, 6) is 2.00. The summed E-state index contributed by atoms with van der Waals surface area (Å²) in [6.07, 6.45) is 3.70. The number of H-pyrrole nitrogens is 1. The number of fused-ring (bicyclic) bond motifs is 2. The van der Waals surface area contributed by atoms with Crippen LogP contribution < -0.4 is 16.2 Å². The zero-order valence-corrected chi connectivity index (χ0v) is 25.4. The Balaban J connectivity index is 1.10. The van der Waals surface area contributed by atoms with E-state index in [1.165, 1.54) is 0 Å². The molecule has 230 valence electrons. The molecule has 3 N–H and O–H groups in total. The number of methoxy groups -OCH3 is 2. The number of amides is 1. The van der Waals surface area contributed by atoms with Crippen LogP contribution >= 0.6 is 0 Å². The van der Waals surface area contributed by atoms with Crippen LogP contribution in [-0.2, 0) is 22.5 Å². The maximum atomic E-state index is 13.4. The van der Waals surface area contributed by atoms with Gasteiger partial charge in [0.05, 0.1) is 34.9 Å². The van der Waals surface area contributed by atoms with Crippen LogP contribution in [0.2, 0.25) is 0 Å². The number of likely N-dealkylation sites (tertiary alicyclic amines) is 1. The van der Waals surface area contributed by atoms with Gasteiger partial charge in [0.15, 0.2) is 0 Å². The molecule has 1 saturated heterocycles. The molecule has 0 aliphatic carbocycles. The van der Waals surface area contributed by atoms with Crippen molar-refractivity contribution in [3.8, 4) is 11.4 Å². The maximum absolute atomic E-state index is 13.4. The third-order valence-corrected chi connectivity index (χ3v) is 8.57. The van der Waals surface area contributed by atoms with Gasteiger partial charge in [-0.2, -0.15) is 0 Å². The summed E-state index contributed by atoms with van der Waals surface area (Å²) in [4.78, 5) is 36.0. The van der Waals surface area contributed by atoms with Gasteiger partial charge in [0, 0.05) is 57.8 Å². The molecule has 1 fully saturated rings. The SMILES string of the molecule is COCCCn1c([C@@H]2CCCN(C(=O)C[C@H](N)Cc3ccc(-n4c(=O)[nH]c5cc(OC)ccc54)cc3)C2)nc2ccccc21. The molecule has 1 amide bonds. The quantitative estimate of drug-likeness (QED) is 0.219. The van der Waals surface area contributed by atoms with Gasteiger partial charge in [-0.1, -0.05) is 24.3 Å². The van der Waals surface area contributed by atoms with Gasteiger partial charge in [0.1, 0.15) is 11.6 Å². The van der Waals surface area contributed by atoms with E-state index in [4.69, 9.17) is 20.2 Å². The first-order chi connectivity index (χ1) is 21.4. The van der Waals surface area contributed by atoms with Crippen molar-refractivity contribution in [1.29, 1.82) is 0 Å². The lowest BCUT2D eigenvalue weighted by atomic mass is 9.96. The fourth-order valence-corrected chi connectivity index (χ4v) is 6.41. The van der Waals surface area contributed by atoms with Gasteiger partial charge in [-0.15, -0.1) is 0 Å². The van der Waals surface area contributed by atoms with Crippen LogP contribution in [0.3, 0.4) is 0 Å². The van der Waals surface area contributed by atoms with Crippen LogP contribution in [0.15, 0.2) is 71.5 Å². The molecule has 6 rings (SSSR count). The molecule has 0 saturated carbocycles. The second-order valence-corrected chi connectivity index (χ2v) is 11.6. The van der Waals surface area contributed by atoms with Crippen molar-refractivity contribution in [3.63, 3.8) is 0 Å². The number of benzene rings is 3. The number of carbonyl (C=O) groups excluding carboxylic acids is 1. The third kappa shape index (κ3) is 6.13. The van der Waals surface area contributed by atoms with E-state index in [1.54, 1.807) is 24.9 Å². The number of imidazole rings is 2. The summed E-state index contributed by atoms with van der Waals surface area (Å²) in [5, 5.41) is 0. The predicted molar refractivity (Wildman–Crippen MR) is 172 cm³/mol. The van der Waals surface area contributed by atoms with Crippen LogP contribution in [0.4, 0.5) is 0 Å². The fourth-order valence-electron chi connectivity index (χ4n) is 6.41. The number of piperidine rings is 1. The Labute approximate surface area is 256 Å². The summed E-state index contributed by atoms with van der Waals surface area (Å²) in [6, 6.07) is 21.2. The largest absolute Gasteiger partial charge is 0.497 e. The molecule has 5 aromatic rings. The molecule has 0 spiro atoms. The lowest BCUT2D eigenvalue weighted by molar-refractivity contribution is -0.132. The molecule has 44 heavy (non-hydrogen) atoms. The number of carbonyl (C=O) groups is 1. The zero-order chi connectivity index (χ0) is 30.6. The van der Waals surface area contributed by atoms with Crippen LogP contribution in [0.5, 0.6) is 5.75 Å². The standard InChI is InChI=1S/C34H40N6O4/c1-43-18-6-17-39-30-9-4-3-8-28(30)36-33(39)24-7-5-16-38(22-24)32(41)20-25(35)19-23-10-12-26(13-11-23)40-31-15-14-27(44-2)21-29(31)37-34(40)42/h3-4,8-15,21,24-25H,5-7,16-20,22,35H2,1-2H3,(H,37,42)/t24-,25-/m1/s1. The minimum atomic E-state index is -0.310. The molecule has 3 aromatic carbocycles. The van der Waals surface area contributed by atoms with E-state index in [-0.39, 0.29) is 30.0 Å². The molecule has 10 heteroatoms. The van der Waals surface area contributed by atoms with E-state index in [2.05, 4.69) is 21.7 Å². The fraction of sp³-hybridized carbons (Fsp3) is 0.382. The maximum Gasteiger partial charge on any atom is 0.331 e. The van der Waals surface area contributed by atoms with E-state index >= 15 is 0 Å². The van der Waals surface area contributed by atoms with E-state index in [0.717, 1.165) is 66.0 Å². The number of nitrogens with one attached hydrogen (secondary N) is 1. The van der Waals surface area contributed by atoms with Crippen molar-refractivity contribution in [2.75, 3.05) is 33.9 Å². The number of aryl methyl sites for hydroxylation is 1. The number of ether oxygens (including phenoxy) is 2. The summed E-state index contributed by atoms with van der Waals surface area (Å²) >= 11 is 0. The first-order valence-corrected chi connectivity index (χ1v) is 15.3. The van der Waals surface area contributed by atoms with Crippen molar-refractivity contribution in [2.24, 2.45) is 5.73 Å². The second kappa shape index (κ2) is 13.1. The van der Waals surface area contributed by atoms with Gasteiger partial charge in [-0.25, -0.2) is 9.78 Å². The van der Waals surface area contributed by atoms with Crippen LogP contribution in [0.25, 0.3) is 27.8 Å². The molecule has 1 aliphatic rings. The Kier molecular flexibility index (Phi) is 8.81. The van der Waals surface area contributed by atoms with Gasteiger partial charge in [-0.3, -0.25) is 9.36 Å². The molecule has 2 aromatic heterocycles. The minimum Gasteiger partial charge on any atom is -0.497 e. The molecule has 0 unspecified atom stereocenters. The number of para-hydroxylation sites is 2. The number of hydrogen-bond acceptors (Lipinski definition) is 6. The molecule has 2 atom stereocenters. The first-order valence-electron chi connectivity index (χ1n) is 15.3. The molecule has 10 nitrogen and oxygen atoms in total. The summed E-state index contributed by atoms with van der Waals surface area (Å²) in [5.41, 5.74) is 11.7.